The molecule has 8 nitrogen and oxygen atoms in total. The van der Waals surface area contributed by atoms with Crippen molar-refractivity contribution in [1.29, 1.82) is 0 Å². The van der Waals surface area contributed by atoms with Crippen LogP contribution in [-0.2, 0) is 21.4 Å². The summed E-state index contributed by atoms with van der Waals surface area (Å²) in [4.78, 5) is 22.5. The van der Waals surface area contributed by atoms with Crippen LogP contribution in [0.1, 0.15) is 21.5 Å². The van der Waals surface area contributed by atoms with Crippen molar-refractivity contribution in [2.75, 3.05) is 11.4 Å². The quantitative estimate of drug-likeness (QED) is 0.311. The Morgan fingerprint density at radius 1 is 1.03 bits per heavy atom. The molecule has 0 bridgehead atoms. The summed E-state index contributed by atoms with van der Waals surface area (Å²) < 4.78 is 32.3. The molecule has 3 aromatic rings. The molecule has 0 aliphatic heterocycles. The average Bonchev–Trinajstić information content (AvgIpc) is 2.77. The highest BCUT2D eigenvalue weighted by atomic mass is 32.2. The fraction of sp³-hybridized carbons (Fsp3) is 0.136. The van der Waals surface area contributed by atoms with Gasteiger partial charge in [0.2, 0.25) is 0 Å². The number of sulfonamides is 1. The number of esters is 1. The fourth-order valence-electron chi connectivity index (χ4n) is 2.78. The van der Waals surface area contributed by atoms with Gasteiger partial charge in [0.1, 0.15) is 6.61 Å². The molecular weight excluding hydrogens is 420 g/mol. The third-order valence-corrected chi connectivity index (χ3v) is 6.42. The van der Waals surface area contributed by atoms with Crippen molar-refractivity contribution < 1.29 is 22.9 Å². The van der Waals surface area contributed by atoms with E-state index in [1.165, 1.54) is 55.6 Å². The van der Waals surface area contributed by atoms with Crippen LogP contribution in [0.2, 0.25) is 0 Å². The lowest BCUT2D eigenvalue weighted by molar-refractivity contribution is -0.384. The summed E-state index contributed by atoms with van der Waals surface area (Å²) >= 11 is 0. The normalized spacial score (nSPS) is 11.0. The minimum absolute atomic E-state index is 0.0413. The molecule has 31 heavy (non-hydrogen) atoms. The van der Waals surface area contributed by atoms with Crippen molar-refractivity contribution in [3.8, 4) is 0 Å². The second kappa shape index (κ2) is 8.97. The Labute approximate surface area is 179 Å². The predicted octanol–water partition coefficient (Wildman–Crippen LogP) is 4.09. The lowest BCUT2D eigenvalue weighted by atomic mass is 10.2. The molecule has 160 valence electrons. The molecule has 0 amide bonds. The Hall–Kier alpha value is -3.72. The van der Waals surface area contributed by atoms with Crippen molar-refractivity contribution in [3.05, 3.63) is 99.6 Å². The summed E-state index contributed by atoms with van der Waals surface area (Å²) in [6.07, 6.45) is 0. The second-order valence-corrected chi connectivity index (χ2v) is 8.80. The smallest absolute Gasteiger partial charge is 0.338 e. The molecule has 9 heteroatoms. The molecule has 0 aromatic heterocycles. The van der Waals surface area contributed by atoms with E-state index in [1.807, 2.05) is 19.1 Å². The van der Waals surface area contributed by atoms with Crippen LogP contribution in [-0.4, -0.2) is 26.4 Å². The van der Waals surface area contributed by atoms with Gasteiger partial charge in [-0.05, 0) is 55.0 Å². The molecule has 0 saturated carbocycles. The number of rotatable bonds is 7. The number of hydrogen-bond acceptors (Lipinski definition) is 6. The zero-order valence-electron chi connectivity index (χ0n) is 16.9. The van der Waals surface area contributed by atoms with Gasteiger partial charge >= 0.3 is 5.97 Å². The molecule has 0 aliphatic rings. The van der Waals surface area contributed by atoms with Gasteiger partial charge in [0.15, 0.2) is 0 Å². The molecule has 0 unspecified atom stereocenters. The summed E-state index contributed by atoms with van der Waals surface area (Å²) in [5, 5.41) is 10.7. The Morgan fingerprint density at radius 3 is 2.29 bits per heavy atom. The highest BCUT2D eigenvalue weighted by molar-refractivity contribution is 7.92. The van der Waals surface area contributed by atoms with Crippen molar-refractivity contribution in [2.45, 2.75) is 18.4 Å². The van der Waals surface area contributed by atoms with Crippen LogP contribution in [0.15, 0.2) is 77.7 Å². The number of ether oxygens (including phenoxy) is 1. The van der Waals surface area contributed by atoms with Gasteiger partial charge in [-0.3, -0.25) is 14.4 Å². The largest absolute Gasteiger partial charge is 0.457 e. The Balaban J connectivity index is 1.74. The first kappa shape index (κ1) is 22.0. The molecule has 0 atom stereocenters. The van der Waals surface area contributed by atoms with Crippen LogP contribution in [0.25, 0.3) is 0 Å². The molecule has 0 spiro atoms. The lowest BCUT2D eigenvalue weighted by Gasteiger charge is -2.20. The van der Waals surface area contributed by atoms with Crippen molar-refractivity contribution in [2.24, 2.45) is 0 Å². The molecule has 0 aliphatic carbocycles. The number of nitro groups is 1. The molecule has 3 aromatic carbocycles. The maximum Gasteiger partial charge on any atom is 0.338 e. The van der Waals surface area contributed by atoms with E-state index in [2.05, 4.69) is 0 Å². The van der Waals surface area contributed by atoms with Crippen LogP contribution in [0.3, 0.4) is 0 Å². The van der Waals surface area contributed by atoms with Crippen molar-refractivity contribution in [1.82, 2.24) is 0 Å². The summed E-state index contributed by atoms with van der Waals surface area (Å²) in [5.74, 6) is -0.701. The number of anilines is 1. The van der Waals surface area contributed by atoms with Crippen LogP contribution >= 0.6 is 0 Å². The summed E-state index contributed by atoms with van der Waals surface area (Å²) in [5.41, 5.74) is 2.09. The summed E-state index contributed by atoms with van der Waals surface area (Å²) in [7, 11) is -2.44. The Kier molecular flexibility index (Phi) is 6.36. The molecular formula is C22H20N2O6S. The number of nitro benzene ring substituents is 1. The first-order valence-electron chi connectivity index (χ1n) is 9.24. The van der Waals surface area contributed by atoms with Crippen LogP contribution in [0.5, 0.6) is 0 Å². The van der Waals surface area contributed by atoms with E-state index in [-0.39, 0.29) is 22.8 Å². The third-order valence-electron chi connectivity index (χ3n) is 4.64. The van der Waals surface area contributed by atoms with Gasteiger partial charge in [-0.25, -0.2) is 13.2 Å². The zero-order valence-corrected chi connectivity index (χ0v) is 17.7. The van der Waals surface area contributed by atoms with E-state index >= 15 is 0 Å². The number of carbonyl (C=O) groups is 1. The van der Waals surface area contributed by atoms with Gasteiger partial charge in [-0.1, -0.05) is 23.8 Å². The SMILES string of the molecule is Cc1ccc(N(C)S(=O)(=O)c2cccc(C(=O)OCc3ccc([N+](=O)[O-])cc3)c2)cc1. The highest BCUT2D eigenvalue weighted by Gasteiger charge is 2.22. The summed E-state index contributed by atoms with van der Waals surface area (Å²) in [6, 6.07) is 18.2. The van der Waals surface area contributed by atoms with E-state index < -0.39 is 20.9 Å². The number of aryl methyl sites for hydroxylation is 1. The molecule has 3 rings (SSSR count). The zero-order chi connectivity index (χ0) is 22.6. The monoisotopic (exact) mass is 440 g/mol. The Bertz CT molecular complexity index is 1210. The minimum Gasteiger partial charge on any atom is -0.457 e. The van der Waals surface area contributed by atoms with Gasteiger partial charge in [-0.2, -0.15) is 0 Å². The Morgan fingerprint density at radius 2 is 1.68 bits per heavy atom. The van der Waals surface area contributed by atoms with Crippen LogP contribution in [0.4, 0.5) is 11.4 Å². The van der Waals surface area contributed by atoms with Crippen LogP contribution in [0, 0.1) is 17.0 Å². The van der Waals surface area contributed by atoms with Crippen molar-refractivity contribution >= 4 is 27.4 Å². The van der Waals surface area contributed by atoms with Crippen LogP contribution < -0.4 is 4.31 Å². The number of carbonyl (C=O) groups excluding carboxylic acids is 1. The number of hydrogen-bond donors (Lipinski definition) is 0. The fourth-order valence-corrected chi connectivity index (χ4v) is 4.02. The first-order chi connectivity index (χ1) is 14.7. The van der Waals surface area contributed by atoms with E-state index in [4.69, 9.17) is 4.74 Å². The molecule has 0 heterocycles. The van der Waals surface area contributed by atoms with Gasteiger partial charge in [0.05, 0.1) is 21.1 Å². The maximum atomic E-state index is 13.0. The van der Waals surface area contributed by atoms with E-state index in [0.717, 1.165) is 9.87 Å². The first-order valence-corrected chi connectivity index (χ1v) is 10.7. The van der Waals surface area contributed by atoms with E-state index in [9.17, 15) is 23.3 Å². The number of nitrogens with zero attached hydrogens (tertiary/aromatic N) is 2. The molecule has 0 fully saturated rings. The standard InChI is InChI=1S/C22H20N2O6S/c1-16-6-10-19(11-7-16)23(2)31(28,29)21-5-3-4-18(14-21)22(25)30-15-17-8-12-20(13-9-17)24(26)27/h3-14H,15H2,1-2H3. The highest BCUT2D eigenvalue weighted by Crippen LogP contribution is 2.23. The minimum atomic E-state index is -3.88. The van der Waals surface area contributed by atoms with E-state index in [1.54, 1.807) is 12.1 Å². The number of benzene rings is 3. The predicted molar refractivity (Wildman–Crippen MR) is 115 cm³/mol. The molecule has 0 N–H and O–H groups in total. The van der Waals surface area contributed by atoms with Gasteiger partial charge in [0, 0.05) is 19.2 Å². The van der Waals surface area contributed by atoms with Gasteiger partial charge in [-0.15, -0.1) is 0 Å². The van der Waals surface area contributed by atoms with Gasteiger partial charge in [0.25, 0.3) is 15.7 Å². The van der Waals surface area contributed by atoms with Crippen molar-refractivity contribution in [3.63, 3.8) is 0 Å². The average molecular weight is 440 g/mol. The van der Waals surface area contributed by atoms with E-state index in [0.29, 0.717) is 11.3 Å². The molecule has 0 saturated heterocycles. The lowest BCUT2D eigenvalue weighted by Crippen LogP contribution is -2.26. The molecule has 0 radical (unpaired) electrons. The number of non-ortho nitro benzene ring substituents is 1. The second-order valence-electron chi connectivity index (χ2n) is 6.84. The maximum absolute atomic E-state index is 13.0. The summed E-state index contributed by atoms with van der Waals surface area (Å²) in [6.45, 7) is 1.81. The topological polar surface area (TPSA) is 107 Å². The third kappa shape index (κ3) is 5.07. The van der Waals surface area contributed by atoms with Gasteiger partial charge < -0.3 is 4.74 Å².